The summed E-state index contributed by atoms with van der Waals surface area (Å²) in [7, 11) is 0.500. The number of anilines is 1. The van der Waals surface area contributed by atoms with Crippen molar-refractivity contribution in [1.82, 2.24) is 0 Å². The molecule has 0 fully saturated rings. The molecule has 104 valence electrons. The van der Waals surface area contributed by atoms with Crippen molar-refractivity contribution in [2.75, 3.05) is 18.6 Å². The second-order valence-electron chi connectivity index (χ2n) is 5.02. The van der Waals surface area contributed by atoms with Gasteiger partial charge in [-0.3, -0.25) is 4.21 Å². The molecule has 4 heteroatoms. The fraction of sp³-hybridized carbons (Fsp3) is 0.250. The molecule has 1 aliphatic carbocycles. The van der Waals surface area contributed by atoms with Gasteiger partial charge in [0.05, 0.1) is 22.8 Å². The molecule has 20 heavy (non-hydrogen) atoms. The van der Waals surface area contributed by atoms with Crippen LogP contribution in [0.1, 0.15) is 17.0 Å². The van der Waals surface area contributed by atoms with Crippen LogP contribution >= 0.6 is 0 Å². The Balaban J connectivity index is 1.78. The standard InChI is InChI=1S/C16H17NO2S/c1-19-13-6-7-15(17)16(9-13)20(18)10-12-8-11-4-2-3-5-14(11)12/h2-7,9,12H,8,10,17H2,1H3. The minimum atomic E-state index is -1.10. The van der Waals surface area contributed by atoms with Crippen molar-refractivity contribution in [2.45, 2.75) is 17.2 Å². The molecule has 0 amide bonds. The number of fused-ring (bicyclic) bond motifs is 1. The SMILES string of the molecule is COc1ccc(N)c(S(=O)CC2Cc3ccccc32)c1. The first-order chi connectivity index (χ1) is 9.69. The van der Waals surface area contributed by atoms with Crippen LogP contribution in [-0.4, -0.2) is 17.1 Å². The molecule has 0 saturated heterocycles. The number of rotatable bonds is 4. The molecule has 2 N–H and O–H groups in total. The van der Waals surface area contributed by atoms with Gasteiger partial charge in [0.1, 0.15) is 5.75 Å². The predicted molar refractivity (Wildman–Crippen MR) is 81.6 cm³/mol. The number of hydrogen-bond acceptors (Lipinski definition) is 3. The molecule has 2 aromatic carbocycles. The molecule has 0 radical (unpaired) electrons. The van der Waals surface area contributed by atoms with E-state index in [-0.39, 0.29) is 0 Å². The van der Waals surface area contributed by atoms with Crippen molar-refractivity contribution in [3.63, 3.8) is 0 Å². The molecular formula is C16H17NO2S. The average molecular weight is 287 g/mol. The molecule has 0 spiro atoms. The monoisotopic (exact) mass is 287 g/mol. The Hall–Kier alpha value is -1.81. The number of nitrogen functional groups attached to an aromatic ring is 1. The van der Waals surface area contributed by atoms with Crippen molar-refractivity contribution in [3.8, 4) is 5.75 Å². The molecule has 0 saturated carbocycles. The normalized spacial score (nSPS) is 17.9. The van der Waals surface area contributed by atoms with Crippen LogP contribution in [0.15, 0.2) is 47.4 Å². The largest absolute Gasteiger partial charge is 0.497 e. The van der Waals surface area contributed by atoms with E-state index in [0.717, 1.165) is 6.42 Å². The zero-order valence-electron chi connectivity index (χ0n) is 11.3. The molecule has 2 aromatic rings. The van der Waals surface area contributed by atoms with Crippen LogP contribution in [0.3, 0.4) is 0 Å². The van der Waals surface area contributed by atoms with Crippen LogP contribution in [0.4, 0.5) is 5.69 Å². The molecule has 0 aliphatic heterocycles. The second kappa shape index (κ2) is 5.29. The second-order valence-corrected chi connectivity index (χ2v) is 6.48. The first-order valence-corrected chi connectivity index (χ1v) is 7.90. The van der Waals surface area contributed by atoms with Crippen LogP contribution in [0.5, 0.6) is 5.75 Å². The van der Waals surface area contributed by atoms with Crippen LogP contribution < -0.4 is 10.5 Å². The van der Waals surface area contributed by atoms with Crippen LogP contribution in [-0.2, 0) is 17.2 Å². The molecule has 1 aliphatic rings. The van der Waals surface area contributed by atoms with Gasteiger partial charge in [-0.2, -0.15) is 0 Å². The summed E-state index contributed by atoms with van der Waals surface area (Å²) in [5, 5.41) is 0. The minimum absolute atomic E-state index is 0.373. The van der Waals surface area contributed by atoms with Crippen molar-refractivity contribution in [1.29, 1.82) is 0 Å². The third-order valence-corrected chi connectivity index (χ3v) is 5.33. The van der Waals surface area contributed by atoms with Gasteiger partial charge in [-0.15, -0.1) is 0 Å². The number of nitrogens with two attached hydrogens (primary N) is 1. The van der Waals surface area contributed by atoms with Gasteiger partial charge >= 0.3 is 0 Å². The highest BCUT2D eigenvalue weighted by atomic mass is 32.2. The minimum Gasteiger partial charge on any atom is -0.497 e. The lowest BCUT2D eigenvalue weighted by Crippen LogP contribution is -2.22. The van der Waals surface area contributed by atoms with Crippen molar-refractivity contribution in [2.24, 2.45) is 0 Å². The lowest BCUT2D eigenvalue weighted by molar-refractivity contribution is 0.413. The Bertz CT molecular complexity index is 669. The lowest BCUT2D eigenvalue weighted by atomic mass is 9.79. The number of hydrogen-bond donors (Lipinski definition) is 1. The number of methoxy groups -OCH3 is 1. The van der Waals surface area contributed by atoms with Gasteiger partial charge in [0.25, 0.3) is 0 Å². The summed E-state index contributed by atoms with van der Waals surface area (Å²) >= 11 is 0. The Morgan fingerprint density at radius 2 is 2.10 bits per heavy atom. The van der Waals surface area contributed by atoms with Gasteiger partial charge in [-0.1, -0.05) is 24.3 Å². The maximum atomic E-state index is 12.5. The van der Waals surface area contributed by atoms with Crippen molar-refractivity contribution >= 4 is 16.5 Å². The summed E-state index contributed by atoms with van der Waals surface area (Å²) < 4.78 is 17.7. The maximum Gasteiger partial charge on any atom is 0.120 e. The topological polar surface area (TPSA) is 52.3 Å². The first kappa shape index (κ1) is 13.2. The highest BCUT2D eigenvalue weighted by Crippen LogP contribution is 2.36. The first-order valence-electron chi connectivity index (χ1n) is 6.58. The molecule has 0 bridgehead atoms. The Labute approximate surface area is 121 Å². The fourth-order valence-electron chi connectivity index (χ4n) is 2.62. The molecule has 0 heterocycles. The van der Waals surface area contributed by atoms with E-state index in [2.05, 4.69) is 12.1 Å². The van der Waals surface area contributed by atoms with Gasteiger partial charge in [0, 0.05) is 17.4 Å². The summed E-state index contributed by atoms with van der Waals surface area (Å²) in [6.45, 7) is 0. The summed E-state index contributed by atoms with van der Waals surface area (Å²) in [6.07, 6.45) is 1.01. The fourth-order valence-corrected chi connectivity index (χ4v) is 4.04. The third-order valence-electron chi connectivity index (χ3n) is 3.78. The number of benzene rings is 2. The van der Waals surface area contributed by atoms with E-state index in [1.165, 1.54) is 11.1 Å². The molecule has 3 nitrogen and oxygen atoms in total. The van der Waals surface area contributed by atoms with Crippen LogP contribution in [0.25, 0.3) is 0 Å². The molecule has 0 aromatic heterocycles. The smallest absolute Gasteiger partial charge is 0.120 e. The summed E-state index contributed by atoms with van der Waals surface area (Å²) in [5.41, 5.74) is 9.18. The van der Waals surface area contributed by atoms with E-state index in [9.17, 15) is 4.21 Å². The van der Waals surface area contributed by atoms with E-state index in [0.29, 0.717) is 28.0 Å². The Kier molecular flexibility index (Phi) is 3.49. The molecule has 3 rings (SSSR count). The predicted octanol–water partition coefficient (Wildman–Crippen LogP) is 2.72. The van der Waals surface area contributed by atoms with Crippen molar-refractivity contribution in [3.05, 3.63) is 53.6 Å². The Morgan fingerprint density at radius 1 is 1.30 bits per heavy atom. The van der Waals surface area contributed by atoms with E-state index < -0.39 is 10.8 Å². The quantitative estimate of drug-likeness (QED) is 0.880. The average Bonchev–Trinajstić information content (AvgIpc) is 2.45. The summed E-state index contributed by atoms with van der Waals surface area (Å²) in [5.74, 6) is 1.68. The molecule has 2 unspecified atom stereocenters. The van der Waals surface area contributed by atoms with E-state index in [1.54, 1.807) is 25.3 Å². The third kappa shape index (κ3) is 2.31. The van der Waals surface area contributed by atoms with Gasteiger partial charge in [-0.05, 0) is 35.7 Å². The lowest BCUT2D eigenvalue weighted by Gasteiger charge is -2.29. The zero-order chi connectivity index (χ0) is 14.1. The van der Waals surface area contributed by atoms with Gasteiger partial charge < -0.3 is 10.5 Å². The molecule has 2 atom stereocenters. The highest BCUT2D eigenvalue weighted by Gasteiger charge is 2.27. The van der Waals surface area contributed by atoms with E-state index >= 15 is 0 Å². The van der Waals surface area contributed by atoms with Crippen molar-refractivity contribution < 1.29 is 8.95 Å². The van der Waals surface area contributed by atoms with Crippen LogP contribution in [0, 0.1) is 0 Å². The van der Waals surface area contributed by atoms with Gasteiger partial charge in [0.2, 0.25) is 0 Å². The zero-order valence-corrected chi connectivity index (χ0v) is 12.2. The van der Waals surface area contributed by atoms with E-state index in [4.69, 9.17) is 10.5 Å². The summed E-state index contributed by atoms with van der Waals surface area (Å²) in [4.78, 5) is 0.675. The molecular weight excluding hydrogens is 270 g/mol. The van der Waals surface area contributed by atoms with Crippen LogP contribution in [0.2, 0.25) is 0 Å². The summed E-state index contributed by atoms with van der Waals surface area (Å²) in [6, 6.07) is 13.6. The van der Waals surface area contributed by atoms with E-state index in [1.807, 2.05) is 12.1 Å². The maximum absolute atomic E-state index is 12.5. The van der Waals surface area contributed by atoms with Gasteiger partial charge in [0.15, 0.2) is 0 Å². The van der Waals surface area contributed by atoms with Gasteiger partial charge in [-0.25, -0.2) is 0 Å². The highest BCUT2D eigenvalue weighted by molar-refractivity contribution is 7.85. The number of ether oxygens (including phenoxy) is 1. The Morgan fingerprint density at radius 3 is 2.85 bits per heavy atom.